The van der Waals surface area contributed by atoms with E-state index in [2.05, 4.69) is 42.7 Å². The molecule has 0 heterocycles. The normalized spacial score (nSPS) is 9.75. The fraction of sp³-hybridized carbons (Fsp3) is 0.154. The van der Waals surface area contributed by atoms with Gasteiger partial charge in [0.05, 0.1) is 5.56 Å². The van der Waals surface area contributed by atoms with Gasteiger partial charge >= 0.3 is 0 Å². The van der Waals surface area contributed by atoms with E-state index in [0.29, 0.717) is 5.56 Å². The Balaban J connectivity index is 1.88. The van der Waals surface area contributed by atoms with Gasteiger partial charge in [-0.15, -0.1) is 0 Å². The summed E-state index contributed by atoms with van der Waals surface area (Å²) in [7, 11) is 1.86. The maximum absolute atomic E-state index is 14.1. The van der Waals surface area contributed by atoms with Gasteiger partial charge in [0.15, 0.2) is 0 Å². The first-order valence-corrected chi connectivity index (χ1v) is 9.27. The van der Waals surface area contributed by atoms with Crippen LogP contribution in [0.2, 0.25) is 6.82 Å². The standard InChI is InChI=1S/C26H21BF/c1-18-5-7-21(8-6-18)10-14-25-19(2)15-22(16-20(25)3)9-11-23-12-13-24(27-4)17-26(23)28/h5-8,12-13,15-17H,1-4H3. The van der Waals surface area contributed by atoms with Crippen LogP contribution in [-0.2, 0) is 0 Å². The number of aryl methyl sites for hydroxylation is 3. The molecule has 0 aliphatic rings. The molecule has 28 heavy (non-hydrogen) atoms. The number of benzene rings is 3. The lowest BCUT2D eigenvalue weighted by molar-refractivity contribution is 0.625. The quantitative estimate of drug-likeness (QED) is 0.425. The minimum Gasteiger partial charge on any atom is -0.206 e. The molecule has 3 aromatic rings. The van der Waals surface area contributed by atoms with Crippen molar-refractivity contribution in [3.05, 3.63) is 99.4 Å². The predicted molar refractivity (Wildman–Crippen MR) is 117 cm³/mol. The molecule has 0 nitrogen and oxygen atoms in total. The topological polar surface area (TPSA) is 0 Å². The smallest absolute Gasteiger partial charge is 0.148 e. The van der Waals surface area contributed by atoms with Crippen LogP contribution in [0.25, 0.3) is 0 Å². The first-order chi connectivity index (χ1) is 13.5. The molecule has 0 saturated carbocycles. The summed E-state index contributed by atoms with van der Waals surface area (Å²) in [5, 5.41) is 0. The maximum atomic E-state index is 14.1. The van der Waals surface area contributed by atoms with Crippen molar-refractivity contribution < 1.29 is 4.39 Å². The van der Waals surface area contributed by atoms with E-state index in [4.69, 9.17) is 0 Å². The van der Waals surface area contributed by atoms with Gasteiger partial charge in [0, 0.05) is 16.7 Å². The number of rotatable bonds is 1. The molecule has 0 aromatic heterocycles. The first-order valence-electron chi connectivity index (χ1n) is 9.27. The van der Waals surface area contributed by atoms with Crippen LogP contribution in [0.3, 0.4) is 0 Å². The second kappa shape index (κ2) is 8.64. The van der Waals surface area contributed by atoms with Gasteiger partial charge in [-0.1, -0.05) is 59.7 Å². The van der Waals surface area contributed by atoms with Crippen molar-refractivity contribution in [2.45, 2.75) is 27.6 Å². The summed E-state index contributed by atoms with van der Waals surface area (Å²) in [6.45, 7) is 8.01. The highest BCUT2D eigenvalue weighted by atomic mass is 19.1. The van der Waals surface area contributed by atoms with Gasteiger partial charge in [0.25, 0.3) is 0 Å². The summed E-state index contributed by atoms with van der Waals surface area (Å²) in [6, 6.07) is 17.3. The van der Waals surface area contributed by atoms with Crippen LogP contribution in [-0.4, -0.2) is 7.28 Å². The highest BCUT2D eigenvalue weighted by Gasteiger charge is 2.03. The summed E-state index contributed by atoms with van der Waals surface area (Å²) in [6.07, 6.45) is 0. The SMILES string of the molecule is C[B]c1ccc(C#Cc2cc(C)c(C#Cc3ccc(C)cc3)c(C)c2)c(F)c1. The summed E-state index contributed by atoms with van der Waals surface area (Å²) in [5.74, 6) is 12.2. The van der Waals surface area contributed by atoms with Gasteiger partial charge in [0.1, 0.15) is 13.1 Å². The third kappa shape index (κ3) is 4.73. The molecular formula is C26H21BF. The molecule has 0 unspecified atom stereocenters. The molecule has 0 aliphatic heterocycles. The molecule has 0 aliphatic carbocycles. The summed E-state index contributed by atoms with van der Waals surface area (Å²) in [5.41, 5.74) is 7.49. The third-order valence-corrected chi connectivity index (χ3v) is 4.58. The lowest BCUT2D eigenvalue weighted by atomic mass is 9.73. The van der Waals surface area contributed by atoms with Gasteiger partial charge < -0.3 is 0 Å². The monoisotopic (exact) mass is 363 g/mol. The Morgan fingerprint density at radius 2 is 1.36 bits per heavy atom. The Labute approximate surface area is 168 Å². The van der Waals surface area contributed by atoms with E-state index in [0.717, 1.165) is 33.3 Å². The van der Waals surface area contributed by atoms with Crippen molar-refractivity contribution in [3.63, 3.8) is 0 Å². The fourth-order valence-electron chi connectivity index (χ4n) is 2.96. The van der Waals surface area contributed by atoms with Crippen molar-refractivity contribution in [1.29, 1.82) is 0 Å². The Bertz CT molecular complexity index is 1110. The Kier molecular flexibility index (Phi) is 6.03. The van der Waals surface area contributed by atoms with E-state index in [-0.39, 0.29) is 5.82 Å². The lowest BCUT2D eigenvalue weighted by Gasteiger charge is -2.04. The molecule has 3 aromatic carbocycles. The predicted octanol–water partition coefficient (Wildman–Crippen LogP) is 4.93. The van der Waals surface area contributed by atoms with Crippen LogP contribution in [0, 0.1) is 50.3 Å². The Morgan fingerprint density at radius 3 is 1.96 bits per heavy atom. The van der Waals surface area contributed by atoms with E-state index in [1.54, 1.807) is 6.07 Å². The van der Waals surface area contributed by atoms with Crippen LogP contribution < -0.4 is 5.46 Å². The number of hydrogen-bond donors (Lipinski definition) is 0. The average molecular weight is 363 g/mol. The van der Waals surface area contributed by atoms with Crippen LogP contribution in [0.1, 0.15) is 38.9 Å². The second-order valence-electron chi connectivity index (χ2n) is 6.88. The zero-order valence-electron chi connectivity index (χ0n) is 16.7. The number of halogens is 1. The molecule has 0 fully saturated rings. The lowest BCUT2D eigenvalue weighted by Crippen LogP contribution is -2.10. The van der Waals surface area contributed by atoms with Crippen molar-refractivity contribution in [1.82, 2.24) is 0 Å². The van der Waals surface area contributed by atoms with Gasteiger partial charge in [-0.2, -0.15) is 0 Å². The Hall–Kier alpha value is -3.23. The van der Waals surface area contributed by atoms with Crippen LogP contribution in [0.5, 0.6) is 0 Å². The van der Waals surface area contributed by atoms with Crippen molar-refractivity contribution in [2.24, 2.45) is 0 Å². The van der Waals surface area contributed by atoms with E-state index >= 15 is 0 Å². The zero-order chi connectivity index (χ0) is 20.1. The molecule has 0 spiro atoms. The van der Waals surface area contributed by atoms with Crippen molar-refractivity contribution in [2.75, 3.05) is 0 Å². The van der Waals surface area contributed by atoms with E-state index < -0.39 is 0 Å². The molecule has 3 rings (SSSR count). The van der Waals surface area contributed by atoms with E-state index in [1.807, 2.05) is 58.3 Å². The molecule has 0 amide bonds. The van der Waals surface area contributed by atoms with Gasteiger partial charge in [0.2, 0.25) is 0 Å². The van der Waals surface area contributed by atoms with E-state index in [1.165, 1.54) is 11.6 Å². The van der Waals surface area contributed by atoms with Crippen molar-refractivity contribution in [3.8, 4) is 23.7 Å². The molecule has 135 valence electrons. The van der Waals surface area contributed by atoms with Gasteiger partial charge in [-0.05, 0) is 68.3 Å². The molecule has 0 N–H and O–H groups in total. The molecule has 2 heteroatoms. The van der Waals surface area contributed by atoms with Crippen molar-refractivity contribution >= 4 is 12.7 Å². The van der Waals surface area contributed by atoms with Gasteiger partial charge in [-0.25, -0.2) is 4.39 Å². The largest absolute Gasteiger partial charge is 0.206 e. The maximum Gasteiger partial charge on any atom is 0.148 e. The van der Waals surface area contributed by atoms with E-state index in [9.17, 15) is 4.39 Å². The molecule has 0 atom stereocenters. The summed E-state index contributed by atoms with van der Waals surface area (Å²) < 4.78 is 14.1. The molecule has 0 bridgehead atoms. The summed E-state index contributed by atoms with van der Waals surface area (Å²) >= 11 is 0. The third-order valence-electron chi connectivity index (χ3n) is 4.58. The minimum absolute atomic E-state index is 0.294. The van der Waals surface area contributed by atoms with Gasteiger partial charge in [-0.3, -0.25) is 0 Å². The molecular weight excluding hydrogens is 342 g/mol. The average Bonchev–Trinajstić information content (AvgIpc) is 2.67. The molecule has 1 radical (unpaired) electrons. The first kappa shape index (κ1) is 19.5. The Morgan fingerprint density at radius 1 is 0.714 bits per heavy atom. The van der Waals surface area contributed by atoms with Crippen LogP contribution in [0.15, 0.2) is 54.6 Å². The summed E-state index contributed by atoms with van der Waals surface area (Å²) in [4.78, 5) is 0. The van der Waals surface area contributed by atoms with Crippen LogP contribution >= 0.6 is 0 Å². The highest BCUT2D eigenvalue weighted by molar-refractivity contribution is 6.51. The molecule has 0 saturated heterocycles. The minimum atomic E-state index is -0.294. The zero-order valence-corrected chi connectivity index (χ0v) is 16.7. The van der Waals surface area contributed by atoms with Crippen LogP contribution in [0.4, 0.5) is 4.39 Å². The number of hydrogen-bond acceptors (Lipinski definition) is 0. The second-order valence-corrected chi connectivity index (χ2v) is 6.88. The fourth-order valence-corrected chi connectivity index (χ4v) is 2.96. The highest BCUT2D eigenvalue weighted by Crippen LogP contribution is 2.16.